The first-order valence-corrected chi connectivity index (χ1v) is 6.80. The molecule has 0 radical (unpaired) electrons. The minimum atomic E-state index is -0.0263. The second-order valence-corrected chi connectivity index (χ2v) is 5.89. The van der Waals surface area contributed by atoms with Crippen molar-refractivity contribution in [2.45, 2.75) is 19.4 Å². The number of para-hydroxylation sites is 1. The molecule has 2 N–H and O–H groups in total. The zero-order chi connectivity index (χ0) is 14.9. The number of hydrogen-bond acceptors (Lipinski definition) is 4. The molecule has 1 fully saturated rings. The van der Waals surface area contributed by atoms with Crippen molar-refractivity contribution in [3.05, 3.63) is 23.8 Å². The van der Waals surface area contributed by atoms with Gasteiger partial charge in [-0.2, -0.15) is 0 Å². The summed E-state index contributed by atoms with van der Waals surface area (Å²) < 4.78 is 5.28. The molecule has 0 atom stereocenters. The number of rotatable bonds is 2. The fourth-order valence-electron chi connectivity index (χ4n) is 2.54. The summed E-state index contributed by atoms with van der Waals surface area (Å²) in [6.45, 7) is 6.56. The van der Waals surface area contributed by atoms with Crippen LogP contribution in [-0.4, -0.2) is 55.0 Å². The highest BCUT2D eigenvalue weighted by molar-refractivity contribution is 5.98. The predicted molar refractivity (Wildman–Crippen MR) is 80.0 cm³/mol. The van der Waals surface area contributed by atoms with E-state index in [9.17, 15) is 4.79 Å². The first-order valence-electron chi connectivity index (χ1n) is 6.80. The number of methoxy groups -OCH3 is 1. The van der Waals surface area contributed by atoms with Crippen LogP contribution < -0.4 is 10.5 Å². The highest BCUT2D eigenvalue weighted by atomic mass is 16.5. The number of hydrogen-bond donors (Lipinski definition) is 1. The molecular formula is C15H23N3O2. The number of anilines is 1. The molecule has 0 aliphatic carbocycles. The van der Waals surface area contributed by atoms with Gasteiger partial charge >= 0.3 is 0 Å². The Morgan fingerprint density at radius 1 is 1.35 bits per heavy atom. The van der Waals surface area contributed by atoms with Crippen LogP contribution >= 0.6 is 0 Å². The molecule has 0 aromatic heterocycles. The van der Waals surface area contributed by atoms with Crippen LogP contribution in [0.25, 0.3) is 0 Å². The molecule has 2 rings (SSSR count). The van der Waals surface area contributed by atoms with Gasteiger partial charge in [-0.15, -0.1) is 0 Å². The van der Waals surface area contributed by atoms with Crippen molar-refractivity contribution in [2.24, 2.45) is 0 Å². The summed E-state index contributed by atoms with van der Waals surface area (Å²) in [7, 11) is 3.62. The van der Waals surface area contributed by atoms with Crippen LogP contribution in [0.15, 0.2) is 18.2 Å². The highest BCUT2D eigenvalue weighted by Gasteiger charge is 2.34. The van der Waals surface area contributed by atoms with Gasteiger partial charge in [0.05, 0.1) is 18.4 Å². The Morgan fingerprint density at radius 2 is 2.05 bits per heavy atom. The van der Waals surface area contributed by atoms with Crippen molar-refractivity contribution in [3.8, 4) is 5.75 Å². The number of piperazine rings is 1. The monoisotopic (exact) mass is 277 g/mol. The van der Waals surface area contributed by atoms with Crippen molar-refractivity contribution in [3.63, 3.8) is 0 Å². The molecule has 5 nitrogen and oxygen atoms in total. The topological polar surface area (TPSA) is 58.8 Å². The average Bonchev–Trinajstić information content (AvgIpc) is 2.40. The first kappa shape index (κ1) is 14.7. The number of likely N-dealkylation sites (N-methyl/N-ethyl adjacent to an activating group) is 1. The number of ether oxygens (including phenoxy) is 1. The van der Waals surface area contributed by atoms with Gasteiger partial charge in [-0.3, -0.25) is 9.69 Å². The second-order valence-electron chi connectivity index (χ2n) is 5.89. The van der Waals surface area contributed by atoms with Gasteiger partial charge in [-0.25, -0.2) is 0 Å². The standard InChI is InChI=1S/C15H23N3O2/c1-15(2)10-18(9-8-17(15)3)14(19)11-6-5-7-12(16)13(11)20-4/h5-7H,8-10,16H2,1-4H3. The molecule has 0 unspecified atom stereocenters. The largest absolute Gasteiger partial charge is 0.494 e. The van der Waals surface area contributed by atoms with E-state index in [4.69, 9.17) is 10.5 Å². The van der Waals surface area contributed by atoms with E-state index in [0.717, 1.165) is 13.1 Å². The van der Waals surface area contributed by atoms with Crippen LogP contribution in [0.2, 0.25) is 0 Å². The van der Waals surface area contributed by atoms with Crippen LogP contribution in [0, 0.1) is 0 Å². The zero-order valence-electron chi connectivity index (χ0n) is 12.6. The van der Waals surface area contributed by atoms with Crippen LogP contribution in [0.4, 0.5) is 5.69 Å². The zero-order valence-corrected chi connectivity index (χ0v) is 12.6. The summed E-state index contributed by atoms with van der Waals surface area (Å²) in [5.41, 5.74) is 6.87. The number of nitrogen functional groups attached to an aromatic ring is 1. The molecule has 1 aliphatic heterocycles. The van der Waals surface area contributed by atoms with Gasteiger partial charge < -0.3 is 15.4 Å². The van der Waals surface area contributed by atoms with E-state index in [1.54, 1.807) is 18.2 Å². The summed E-state index contributed by atoms with van der Waals surface area (Å²) in [5, 5.41) is 0. The molecule has 5 heteroatoms. The number of nitrogens with two attached hydrogens (primary N) is 1. The van der Waals surface area contributed by atoms with Crippen molar-refractivity contribution in [1.29, 1.82) is 0 Å². The van der Waals surface area contributed by atoms with Crippen LogP contribution in [0.1, 0.15) is 24.2 Å². The Bertz CT molecular complexity index is 514. The van der Waals surface area contributed by atoms with E-state index >= 15 is 0 Å². The molecule has 1 aromatic carbocycles. The van der Waals surface area contributed by atoms with Crippen molar-refractivity contribution >= 4 is 11.6 Å². The average molecular weight is 277 g/mol. The molecule has 1 aromatic rings. The molecule has 110 valence electrons. The Kier molecular flexibility index (Phi) is 3.90. The molecule has 0 bridgehead atoms. The summed E-state index contributed by atoms with van der Waals surface area (Å²) >= 11 is 0. The Labute approximate surface area is 120 Å². The van der Waals surface area contributed by atoms with E-state index in [1.165, 1.54) is 7.11 Å². The number of amides is 1. The molecule has 1 amide bonds. The number of nitrogens with zero attached hydrogens (tertiary/aromatic N) is 2. The summed E-state index contributed by atoms with van der Waals surface area (Å²) in [6, 6.07) is 5.29. The van der Waals surface area contributed by atoms with E-state index in [1.807, 2.05) is 4.90 Å². The maximum atomic E-state index is 12.7. The Hall–Kier alpha value is -1.75. The molecular weight excluding hydrogens is 254 g/mol. The maximum Gasteiger partial charge on any atom is 0.257 e. The third-order valence-electron chi connectivity index (χ3n) is 4.08. The van der Waals surface area contributed by atoms with Crippen molar-refractivity contribution < 1.29 is 9.53 Å². The normalized spacial score (nSPS) is 18.9. The molecule has 1 aliphatic rings. The summed E-state index contributed by atoms with van der Waals surface area (Å²) in [6.07, 6.45) is 0. The third kappa shape index (κ3) is 2.58. The summed E-state index contributed by atoms with van der Waals surface area (Å²) in [5.74, 6) is 0.449. The van der Waals surface area contributed by atoms with E-state index in [-0.39, 0.29) is 11.4 Å². The van der Waals surface area contributed by atoms with Gasteiger partial charge in [0.15, 0.2) is 5.75 Å². The smallest absolute Gasteiger partial charge is 0.257 e. The molecule has 1 saturated heterocycles. The van der Waals surface area contributed by atoms with Crippen molar-refractivity contribution in [1.82, 2.24) is 9.80 Å². The number of carbonyl (C=O) groups is 1. The lowest BCUT2D eigenvalue weighted by Crippen LogP contribution is -2.58. The van der Waals surface area contributed by atoms with Crippen LogP contribution in [-0.2, 0) is 0 Å². The van der Waals surface area contributed by atoms with Gasteiger partial charge in [-0.1, -0.05) is 6.07 Å². The van der Waals surface area contributed by atoms with E-state index < -0.39 is 0 Å². The van der Waals surface area contributed by atoms with Crippen LogP contribution in [0.3, 0.4) is 0 Å². The minimum Gasteiger partial charge on any atom is -0.494 e. The Morgan fingerprint density at radius 3 is 2.65 bits per heavy atom. The molecule has 1 heterocycles. The fourth-order valence-corrected chi connectivity index (χ4v) is 2.54. The molecule has 20 heavy (non-hydrogen) atoms. The lowest BCUT2D eigenvalue weighted by Gasteiger charge is -2.45. The fraction of sp³-hybridized carbons (Fsp3) is 0.533. The van der Waals surface area contributed by atoms with Crippen LogP contribution in [0.5, 0.6) is 5.75 Å². The minimum absolute atomic E-state index is 0.0182. The molecule has 0 saturated carbocycles. The van der Waals surface area contributed by atoms with Gasteiger partial charge in [-0.05, 0) is 33.0 Å². The quantitative estimate of drug-likeness (QED) is 0.831. The lowest BCUT2D eigenvalue weighted by molar-refractivity contribution is 0.0309. The SMILES string of the molecule is COc1c(N)cccc1C(=O)N1CCN(C)C(C)(C)C1. The van der Waals surface area contributed by atoms with Gasteiger partial charge in [0.25, 0.3) is 5.91 Å². The Balaban J connectivity index is 2.27. The summed E-state index contributed by atoms with van der Waals surface area (Å²) in [4.78, 5) is 16.8. The predicted octanol–water partition coefficient (Wildman–Crippen LogP) is 1.44. The highest BCUT2D eigenvalue weighted by Crippen LogP contribution is 2.28. The third-order valence-corrected chi connectivity index (χ3v) is 4.08. The maximum absolute atomic E-state index is 12.7. The van der Waals surface area contributed by atoms with Gasteiger partial charge in [0.1, 0.15) is 0 Å². The van der Waals surface area contributed by atoms with Gasteiger partial charge in [0, 0.05) is 25.2 Å². The molecule has 0 spiro atoms. The van der Waals surface area contributed by atoms with Crippen molar-refractivity contribution in [2.75, 3.05) is 39.5 Å². The number of carbonyl (C=O) groups excluding carboxylic acids is 1. The number of benzene rings is 1. The van der Waals surface area contributed by atoms with E-state index in [2.05, 4.69) is 25.8 Å². The lowest BCUT2D eigenvalue weighted by atomic mass is 9.99. The van der Waals surface area contributed by atoms with Gasteiger partial charge in [0.2, 0.25) is 0 Å². The first-order chi connectivity index (χ1) is 9.36. The second kappa shape index (κ2) is 5.32. The van der Waals surface area contributed by atoms with E-state index in [0.29, 0.717) is 23.5 Å².